The van der Waals surface area contributed by atoms with Gasteiger partial charge in [-0.15, -0.1) is 0 Å². The van der Waals surface area contributed by atoms with Crippen LogP contribution in [0.15, 0.2) is 30.3 Å². The number of ether oxygens (including phenoxy) is 2. The van der Waals surface area contributed by atoms with Crippen molar-refractivity contribution in [3.8, 4) is 5.75 Å². The molecule has 3 heteroatoms. The molecule has 1 unspecified atom stereocenters. The van der Waals surface area contributed by atoms with Crippen LogP contribution in [0, 0.1) is 0 Å². The van der Waals surface area contributed by atoms with Crippen LogP contribution in [0.3, 0.4) is 0 Å². The van der Waals surface area contributed by atoms with E-state index in [-0.39, 0.29) is 5.97 Å². The maximum Gasteiger partial charge on any atom is 0.308 e. The molecular weight excluding hydrogens is 288 g/mol. The van der Waals surface area contributed by atoms with Gasteiger partial charge in [-0.25, -0.2) is 0 Å². The van der Waals surface area contributed by atoms with Crippen molar-refractivity contribution in [1.29, 1.82) is 0 Å². The monoisotopic (exact) mass is 320 g/mol. The maximum atomic E-state index is 11.7. The standard InChI is InChI=1S/C20H32O3/c1-3-4-5-6-7-8-9-10-14-17-20(21)23-18(2)22-19-15-12-11-13-16-19/h11-13,15-16,18H,3-10,14,17H2,1-2H3. The third kappa shape index (κ3) is 10.8. The van der Waals surface area contributed by atoms with E-state index >= 15 is 0 Å². The fourth-order valence-electron chi connectivity index (χ4n) is 2.54. The number of hydrogen-bond acceptors (Lipinski definition) is 3. The lowest BCUT2D eigenvalue weighted by molar-refractivity contribution is -0.161. The summed E-state index contributed by atoms with van der Waals surface area (Å²) in [5, 5.41) is 0. The Balaban J connectivity index is 1.97. The summed E-state index contributed by atoms with van der Waals surface area (Å²) in [7, 11) is 0. The summed E-state index contributed by atoms with van der Waals surface area (Å²) in [6, 6.07) is 9.42. The zero-order valence-corrected chi connectivity index (χ0v) is 14.8. The van der Waals surface area contributed by atoms with Gasteiger partial charge in [-0.3, -0.25) is 4.79 Å². The van der Waals surface area contributed by atoms with Gasteiger partial charge in [0.05, 0.1) is 0 Å². The van der Waals surface area contributed by atoms with Crippen LogP contribution < -0.4 is 4.74 Å². The van der Waals surface area contributed by atoms with Crippen molar-refractivity contribution in [2.75, 3.05) is 0 Å². The number of benzene rings is 1. The molecule has 0 spiro atoms. The molecule has 3 nitrogen and oxygen atoms in total. The molecule has 1 atom stereocenters. The Bertz CT molecular complexity index is 403. The second kappa shape index (κ2) is 13.0. The Morgan fingerprint density at radius 1 is 0.913 bits per heavy atom. The number of carbonyl (C=O) groups excluding carboxylic acids is 1. The lowest BCUT2D eigenvalue weighted by Gasteiger charge is -2.15. The minimum Gasteiger partial charge on any atom is -0.455 e. The first-order chi connectivity index (χ1) is 11.2. The molecule has 0 fully saturated rings. The van der Waals surface area contributed by atoms with Gasteiger partial charge in [0.1, 0.15) is 5.75 Å². The second-order valence-electron chi connectivity index (χ2n) is 6.07. The first-order valence-corrected chi connectivity index (χ1v) is 9.13. The van der Waals surface area contributed by atoms with Gasteiger partial charge in [-0.1, -0.05) is 76.5 Å². The largest absolute Gasteiger partial charge is 0.455 e. The zero-order chi connectivity index (χ0) is 16.8. The van der Waals surface area contributed by atoms with Crippen LogP contribution in [0.4, 0.5) is 0 Å². The molecule has 0 aromatic heterocycles. The number of unbranched alkanes of at least 4 members (excludes halogenated alkanes) is 8. The molecule has 0 radical (unpaired) electrons. The topological polar surface area (TPSA) is 35.5 Å². The molecule has 0 bridgehead atoms. The molecule has 23 heavy (non-hydrogen) atoms. The third-order valence-corrected chi connectivity index (χ3v) is 3.83. The van der Waals surface area contributed by atoms with Crippen LogP contribution in [0.5, 0.6) is 5.75 Å². The minimum absolute atomic E-state index is 0.170. The molecule has 0 saturated carbocycles. The van der Waals surface area contributed by atoms with Crippen LogP contribution in [0.25, 0.3) is 0 Å². The van der Waals surface area contributed by atoms with Crippen LogP contribution in [-0.2, 0) is 9.53 Å². The van der Waals surface area contributed by atoms with Gasteiger partial charge in [0, 0.05) is 13.3 Å². The molecule has 0 saturated heterocycles. The maximum absolute atomic E-state index is 11.7. The van der Waals surface area contributed by atoms with Crippen LogP contribution in [0.2, 0.25) is 0 Å². The summed E-state index contributed by atoms with van der Waals surface area (Å²) >= 11 is 0. The molecule has 1 aromatic carbocycles. The van der Waals surface area contributed by atoms with E-state index in [4.69, 9.17) is 9.47 Å². The van der Waals surface area contributed by atoms with Crippen LogP contribution in [0.1, 0.15) is 78.1 Å². The summed E-state index contributed by atoms with van der Waals surface area (Å²) in [5.41, 5.74) is 0. The van der Waals surface area contributed by atoms with Gasteiger partial charge in [0.15, 0.2) is 0 Å². The summed E-state index contributed by atoms with van der Waals surface area (Å²) in [6.45, 7) is 3.99. The highest BCUT2D eigenvalue weighted by molar-refractivity contribution is 5.69. The van der Waals surface area contributed by atoms with E-state index in [2.05, 4.69) is 6.92 Å². The van der Waals surface area contributed by atoms with Crippen LogP contribution >= 0.6 is 0 Å². The fraction of sp³-hybridized carbons (Fsp3) is 0.650. The Labute approximate surface area is 141 Å². The van der Waals surface area contributed by atoms with Gasteiger partial charge in [0.2, 0.25) is 6.29 Å². The first kappa shape index (κ1) is 19.5. The normalized spacial score (nSPS) is 11.9. The number of carbonyl (C=O) groups is 1. The lowest BCUT2D eigenvalue weighted by atomic mass is 10.1. The highest BCUT2D eigenvalue weighted by atomic mass is 16.7. The van der Waals surface area contributed by atoms with Crippen molar-refractivity contribution in [1.82, 2.24) is 0 Å². The summed E-state index contributed by atoms with van der Waals surface area (Å²) in [5.74, 6) is 0.548. The summed E-state index contributed by atoms with van der Waals surface area (Å²) < 4.78 is 10.8. The lowest BCUT2D eigenvalue weighted by Crippen LogP contribution is -2.20. The Morgan fingerprint density at radius 3 is 2.09 bits per heavy atom. The predicted molar refractivity (Wildman–Crippen MR) is 94.5 cm³/mol. The summed E-state index contributed by atoms with van der Waals surface area (Å²) in [4.78, 5) is 11.7. The molecular formula is C20H32O3. The van der Waals surface area contributed by atoms with Crippen LogP contribution in [-0.4, -0.2) is 12.3 Å². The quantitative estimate of drug-likeness (QED) is 0.259. The van der Waals surface area contributed by atoms with Gasteiger partial charge in [0.25, 0.3) is 0 Å². The van der Waals surface area contributed by atoms with Crippen molar-refractivity contribution >= 4 is 5.97 Å². The van der Waals surface area contributed by atoms with Gasteiger partial charge >= 0.3 is 5.97 Å². The molecule has 0 heterocycles. The summed E-state index contributed by atoms with van der Waals surface area (Å²) in [6.07, 6.45) is 11.2. The molecule has 0 aliphatic heterocycles. The molecule has 130 valence electrons. The predicted octanol–water partition coefficient (Wildman–Crippen LogP) is 5.88. The SMILES string of the molecule is CCCCCCCCCCCC(=O)OC(C)Oc1ccccc1. The van der Waals surface area contributed by atoms with E-state index in [1.54, 1.807) is 6.92 Å². The number of para-hydroxylation sites is 1. The number of rotatable bonds is 13. The van der Waals surface area contributed by atoms with Crippen molar-refractivity contribution in [3.05, 3.63) is 30.3 Å². The fourth-order valence-corrected chi connectivity index (χ4v) is 2.54. The molecule has 0 N–H and O–H groups in total. The highest BCUT2D eigenvalue weighted by Crippen LogP contribution is 2.13. The minimum atomic E-state index is -0.538. The average molecular weight is 320 g/mol. The number of esters is 1. The van der Waals surface area contributed by atoms with E-state index in [1.807, 2.05) is 30.3 Å². The third-order valence-electron chi connectivity index (χ3n) is 3.83. The van der Waals surface area contributed by atoms with E-state index in [0.29, 0.717) is 6.42 Å². The van der Waals surface area contributed by atoms with Crippen molar-refractivity contribution in [2.24, 2.45) is 0 Å². The average Bonchev–Trinajstić information content (AvgIpc) is 2.54. The second-order valence-corrected chi connectivity index (χ2v) is 6.07. The van der Waals surface area contributed by atoms with E-state index in [0.717, 1.165) is 18.6 Å². The molecule has 1 rings (SSSR count). The van der Waals surface area contributed by atoms with E-state index in [9.17, 15) is 4.79 Å². The Morgan fingerprint density at radius 2 is 1.48 bits per heavy atom. The first-order valence-electron chi connectivity index (χ1n) is 9.13. The highest BCUT2D eigenvalue weighted by Gasteiger charge is 2.10. The Kier molecular flexibility index (Phi) is 11.0. The van der Waals surface area contributed by atoms with Crippen molar-refractivity contribution < 1.29 is 14.3 Å². The van der Waals surface area contributed by atoms with Gasteiger partial charge in [-0.05, 0) is 18.6 Å². The zero-order valence-electron chi connectivity index (χ0n) is 14.8. The van der Waals surface area contributed by atoms with Crippen molar-refractivity contribution in [3.63, 3.8) is 0 Å². The molecule has 0 aliphatic carbocycles. The van der Waals surface area contributed by atoms with E-state index < -0.39 is 6.29 Å². The molecule has 0 aliphatic rings. The molecule has 0 amide bonds. The molecule has 1 aromatic rings. The van der Waals surface area contributed by atoms with E-state index in [1.165, 1.54) is 44.9 Å². The smallest absolute Gasteiger partial charge is 0.308 e. The Hall–Kier alpha value is -1.51. The van der Waals surface area contributed by atoms with Crippen molar-refractivity contribution in [2.45, 2.75) is 84.3 Å². The number of hydrogen-bond donors (Lipinski definition) is 0. The van der Waals surface area contributed by atoms with Gasteiger partial charge < -0.3 is 9.47 Å². The van der Waals surface area contributed by atoms with Gasteiger partial charge in [-0.2, -0.15) is 0 Å².